The first kappa shape index (κ1) is 17.2. The van der Waals surface area contributed by atoms with Crippen molar-refractivity contribution in [2.75, 3.05) is 0 Å². The summed E-state index contributed by atoms with van der Waals surface area (Å²) in [4.78, 5) is 16.8. The van der Waals surface area contributed by atoms with E-state index in [1.807, 2.05) is 38.1 Å². The molecule has 0 radical (unpaired) electrons. The number of nitrogens with one attached hydrogen (secondary N) is 1. The summed E-state index contributed by atoms with van der Waals surface area (Å²) in [6.07, 6.45) is 1.59. The molecule has 5 nitrogen and oxygen atoms in total. The van der Waals surface area contributed by atoms with Gasteiger partial charge in [0.05, 0.1) is 6.04 Å². The molecular formula is C19H17BrN2O3. The Kier molecular flexibility index (Phi) is 5.19. The number of hydrogen-bond donors (Lipinski definition) is 1. The normalized spacial score (nSPS) is 11.8. The highest BCUT2D eigenvalue weighted by Crippen LogP contribution is 2.25. The molecule has 128 valence electrons. The number of furan rings is 1. The summed E-state index contributed by atoms with van der Waals surface area (Å²) in [5.74, 6) is 2.08. The maximum absolute atomic E-state index is 12.6. The molecule has 3 rings (SSSR count). The monoisotopic (exact) mass is 400 g/mol. The van der Waals surface area contributed by atoms with E-state index in [1.54, 1.807) is 30.5 Å². The average Bonchev–Trinajstić information content (AvgIpc) is 3.04. The Hall–Kier alpha value is -2.60. The molecule has 0 saturated heterocycles. The maximum Gasteiger partial charge on any atom is 0.257 e. The summed E-state index contributed by atoms with van der Waals surface area (Å²) in [5, 5.41) is 2.90. The van der Waals surface area contributed by atoms with Gasteiger partial charge in [0.25, 0.3) is 5.91 Å². The van der Waals surface area contributed by atoms with E-state index in [1.165, 1.54) is 0 Å². The highest BCUT2D eigenvalue weighted by atomic mass is 79.9. The van der Waals surface area contributed by atoms with Gasteiger partial charge in [0.15, 0.2) is 0 Å². The molecule has 0 bridgehead atoms. The lowest BCUT2D eigenvalue weighted by molar-refractivity contribution is 0.0932. The summed E-state index contributed by atoms with van der Waals surface area (Å²) in [5.41, 5.74) is 0.362. The van der Waals surface area contributed by atoms with E-state index in [-0.39, 0.29) is 17.8 Å². The molecule has 0 aliphatic heterocycles. The summed E-state index contributed by atoms with van der Waals surface area (Å²) < 4.78 is 12.3. The zero-order chi connectivity index (χ0) is 17.8. The summed E-state index contributed by atoms with van der Waals surface area (Å²) in [7, 11) is 0. The Morgan fingerprint density at radius 2 is 1.96 bits per heavy atom. The van der Waals surface area contributed by atoms with Crippen molar-refractivity contribution in [2.45, 2.75) is 19.9 Å². The van der Waals surface area contributed by atoms with Crippen LogP contribution in [0.15, 0.2) is 63.6 Å². The van der Waals surface area contributed by atoms with Gasteiger partial charge in [-0.2, -0.15) is 0 Å². The minimum absolute atomic E-state index is 0.255. The molecular weight excluding hydrogens is 384 g/mol. The number of carbonyl (C=O) groups is 1. The van der Waals surface area contributed by atoms with Crippen LogP contribution in [0.2, 0.25) is 0 Å². The van der Waals surface area contributed by atoms with E-state index in [2.05, 4.69) is 26.2 Å². The van der Waals surface area contributed by atoms with Crippen LogP contribution < -0.4 is 10.1 Å². The van der Waals surface area contributed by atoms with Crippen molar-refractivity contribution in [3.8, 4) is 11.6 Å². The van der Waals surface area contributed by atoms with Crippen molar-refractivity contribution in [1.29, 1.82) is 0 Å². The minimum Gasteiger partial charge on any atom is -0.464 e. The number of amides is 1. The van der Waals surface area contributed by atoms with Crippen LogP contribution in [-0.2, 0) is 0 Å². The fourth-order valence-electron chi connectivity index (χ4n) is 2.29. The Morgan fingerprint density at radius 3 is 2.64 bits per heavy atom. The first-order valence-electron chi connectivity index (χ1n) is 7.78. The third-order valence-corrected chi connectivity index (χ3v) is 4.11. The van der Waals surface area contributed by atoms with Crippen LogP contribution in [-0.4, -0.2) is 10.9 Å². The quantitative estimate of drug-likeness (QED) is 0.652. The Labute approximate surface area is 154 Å². The largest absolute Gasteiger partial charge is 0.464 e. The lowest BCUT2D eigenvalue weighted by atomic mass is 10.2. The molecule has 25 heavy (non-hydrogen) atoms. The molecule has 1 unspecified atom stereocenters. The van der Waals surface area contributed by atoms with Crippen LogP contribution in [0.3, 0.4) is 0 Å². The number of aryl methyl sites for hydroxylation is 1. The highest BCUT2D eigenvalue weighted by molar-refractivity contribution is 9.10. The van der Waals surface area contributed by atoms with Gasteiger partial charge in [-0.3, -0.25) is 4.79 Å². The Balaban J connectivity index is 1.77. The number of halogens is 1. The van der Waals surface area contributed by atoms with Crippen molar-refractivity contribution in [3.05, 3.63) is 76.3 Å². The van der Waals surface area contributed by atoms with Gasteiger partial charge in [-0.1, -0.05) is 15.9 Å². The van der Waals surface area contributed by atoms with E-state index < -0.39 is 0 Å². The molecule has 2 aromatic heterocycles. The van der Waals surface area contributed by atoms with E-state index in [9.17, 15) is 4.79 Å². The van der Waals surface area contributed by atoms with Gasteiger partial charge in [0.1, 0.15) is 22.8 Å². The van der Waals surface area contributed by atoms with Gasteiger partial charge in [-0.15, -0.1) is 0 Å². The zero-order valence-electron chi connectivity index (χ0n) is 13.8. The molecule has 0 fully saturated rings. The predicted octanol–water partition coefficient (Wildman–Crippen LogP) is 5.03. The fraction of sp³-hybridized carbons (Fsp3) is 0.158. The smallest absolute Gasteiger partial charge is 0.257 e. The van der Waals surface area contributed by atoms with Crippen LogP contribution in [0.1, 0.15) is 34.8 Å². The number of nitrogens with zero attached hydrogens (tertiary/aromatic N) is 1. The average molecular weight is 401 g/mol. The molecule has 1 amide bonds. The van der Waals surface area contributed by atoms with Crippen LogP contribution in [0.4, 0.5) is 0 Å². The third kappa shape index (κ3) is 4.28. The van der Waals surface area contributed by atoms with Crippen LogP contribution in [0.25, 0.3) is 0 Å². The van der Waals surface area contributed by atoms with Crippen molar-refractivity contribution in [1.82, 2.24) is 10.3 Å². The van der Waals surface area contributed by atoms with Gasteiger partial charge in [-0.25, -0.2) is 4.98 Å². The first-order valence-corrected chi connectivity index (χ1v) is 8.58. The number of hydrogen-bond acceptors (Lipinski definition) is 4. The van der Waals surface area contributed by atoms with E-state index >= 15 is 0 Å². The van der Waals surface area contributed by atoms with Crippen molar-refractivity contribution >= 4 is 21.8 Å². The second kappa shape index (κ2) is 7.53. The molecule has 0 aliphatic carbocycles. The highest BCUT2D eigenvalue weighted by Gasteiger charge is 2.18. The van der Waals surface area contributed by atoms with Gasteiger partial charge < -0.3 is 14.5 Å². The summed E-state index contributed by atoms with van der Waals surface area (Å²) in [6, 6.07) is 14.2. The number of carbonyl (C=O) groups excluding carboxylic acids is 1. The minimum atomic E-state index is -0.276. The van der Waals surface area contributed by atoms with Crippen molar-refractivity contribution in [2.24, 2.45) is 0 Å². The molecule has 0 saturated carbocycles. The van der Waals surface area contributed by atoms with E-state index in [4.69, 9.17) is 9.15 Å². The predicted molar refractivity (Wildman–Crippen MR) is 97.8 cm³/mol. The Bertz CT molecular complexity index is 874. The molecule has 3 aromatic rings. The lowest BCUT2D eigenvalue weighted by Gasteiger charge is -2.14. The van der Waals surface area contributed by atoms with Gasteiger partial charge >= 0.3 is 0 Å². The number of pyridine rings is 1. The third-order valence-electron chi connectivity index (χ3n) is 3.58. The van der Waals surface area contributed by atoms with Crippen molar-refractivity contribution < 1.29 is 13.9 Å². The molecule has 1 atom stereocenters. The van der Waals surface area contributed by atoms with Gasteiger partial charge in [0.2, 0.25) is 5.88 Å². The second-order valence-electron chi connectivity index (χ2n) is 5.56. The number of rotatable bonds is 5. The molecule has 2 heterocycles. The molecule has 6 heteroatoms. The topological polar surface area (TPSA) is 64.4 Å². The number of aromatic nitrogens is 1. The molecule has 1 aromatic carbocycles. The number of ether oxygens (including phenoxy) is 1. The SMILES string of the molecule is Cc1ccc(C(C)NC(=O)c2cccnc2Oc2ccc(Br)cc2)o1. The van der Waals surface area contributed by atoms with E-state index in [0.717, 1.165) is 10.2 Å². The standard InChI is InChI=1S/C19H17BrN2O3/c1-12-5-10-17(24-12)13(2)22-18(23)16-4-3-11-21-19(16)25-15-8-6-14(20)7-9-15/h3-11,13H,1-2H3,(H,22,23). The van der Waals surface area contributed by atoms with Crippen LogP contribution in [0.5, 0.6) is 11.6 Å². The van der Waals surface area contributed by atoms with Gasteiger partial charge in [-0.05, 0) is 62.4 Å². The molecule has 1 N–H and O–H groups in total. The van der Waals surface area contributed by atoms with E-state index in [0.29, 0.717) is 17.1 Å². The summed E-state index contributed by atoms with van der Waals surface area (Å²) in [6.45, 7) is 3.73. The zero-order valence-corrected chi connectivity index (χ0v) is 15.4. The molecule has 0 aliphatic rings. The second-order valence-corrected chi connectivity index (χ2v) is 6.47. The Morgan fingerprint density at radius 1 is 1.20 bits per heavy atom. The van der Waals surface area contributed by atoms with Crippen molar-refractivity contribution in [3.63, 3.8) is 0 Å². The maximum atomic E-state index is 12.6. The first-order chi connectivity index (χ1) is 12.0. The van der Waals surface area contributed by atoms with Crippen LogP contribution in [0, 0.1) is 6.92 Å². The van der Waals surface area contributed by atoms with Crippen LogP contribution >= 0.6 is 15.9 Å². The number of benzene rings is 1. The fourth-order valence-corrected chi connectivity index (χ4v) is 2.56. The molecule has 0 spiro atoms. The lowest BCUT2D eigenvalue weighted by Crippen LogP contribution is -2.26. The summed E-state index contributed by atoms with van der Waals surface area (Å²) >= 11 is 3.38. The van der Waals surface area contributed by atoms with Gasteiger partial charge in [0, 0.05) is 10.7 Å².